The number of rotatable bonds is 6. The summed E-state index contributed by atoms with van der Waals surface area (Å²) < 4.78 is 2.25. The van der Waals surface area contributed by atoms with E-state index in [1.807, 2.05) is 43.3 Å². The molecule has 26 heavy (non-hydrogen) atoms. The maximum Gasteiger partial charge on any atom is 0.259 e. The first kappa shape index (κ1) is 17.7. The predicted octanol–water partition coefficient (Wildman–Crippen LogP) is 3.84. The number of para-hydroxylation sites is 1. The van der Waals surface area contributed by atoms with Gasteiger partial charge in [0.2, 0.25) is 0 Å². The van der Waals surface area contributed by atoms with Gasteiger partial charge in [-0.2, -0.15) is 5.10 Å². The highest BCUT2D eigenvalue weighted by Gasteiger charge is 2.10. The molecule has 0 aliphatic rings. The molecule has 5 nitrogen and oxygen atoms in total. The van der Waals surface area contributed by atoms with E-state index in [2.05, 4.69) is 46.4 Å². The molecule has 0 radical (unpaired) electrons. The van der Waals surface area contributed by atoms with Crippen LogP contribution in [0.1, 0.15) is 23.7 Å². The van der Waals surface area contributed by atoms with E-state index in [0.717, 1.165) is 28.9 Å². The van der Waals surface area contributed by atoms with Crippen molar-refractivity contribution in [2.45, 2.75) is 27.3 Å². The van der Waals surface area contributed by atoms with Crippen molar-refractivity contribution in [2.24, 2.45) is 5.10 Å². The van der Waals surface area contributed by atoms with Gasteiger partial charge in [0.05, 0.1) is 12.8 Å². The number of nitrogens with one attached hydrogen (secondary N) is 2. The normalized spacial score (nSPS) is 11.2. The Hall–Kier alpha value is -3.08. The maximum absolute atomic E-state index is 12.0. The molecule has 1 aromatic heterocycles. The summed E-state index contributed by atoms with van der Waals surface area (Å²) in [5.41, 5.74) is 8.05. The lowest BCUT2D eigenvalue weighted by molar-refractivity contribution is -0.119. The van der Waals surface area contributed by atoms with Gasteiger partial charge in [0.15, 0.2) is 0 Å². The highest BCUT2D eigenvalue weighted by Crippen LogP contribution is 2.24. The molecule has 0 unspecified atom stereocenters. The second-order valence-corrected chi connectivity index (χ2v) is 6.27. The second kappa shape index (κ2) is 7.87. The number of aryl methyl sites for hydroxylation is 2. The van der Waals surface area contributed by atoms with Crippen molar-refractivity contribution in [1.29, 1.82) is 0 Å². The topological polar surface area (TPSA) is 58.4 Å². The summed E-state index contributed by atoms with van der Waals surface area (Å²) in [5.74, 6) is -0.182. The average Bonchev–Trinajstić information content (AvgIpc) is 2.92. The molecule has 134 valence electrons. The van der Waals surface area contributed by atoms with Gasteiger partial charge in [0, 0.05) is 34.4 Å². The highest BCUT2D eigenvalue weighted by atomic mass is 16.2. The van der Waals surface area contributed by atoms with Crippen LogP contribution < -0.4 is 10.7 Å². The molecule has 0 saturated heterocycles. The molecule has 0 bridgehead atoms. The molecule has 2 aromatic carbocycles. The van der Waals surface area contributed by atoms with E-state index in [4.69, 9.17) is 0 Å². The number of hydrogen-bond acceptors (Lipinski definition) is 3. The van der Waals surface area contributed by atoms with Gasteiger partial charge in [0.1, 0.15) is 0 Å². The summed E-state index contributed by atoms with van der Waals surface area (Å²) >= 11 is 0. The lowest BCUT2D eigenvalue weighted by Gasteiger charge is -2.05. The monoisotopic (exact) mass is 348 g/mol. The Kier molecular flexibility index (Phi) is 5.37. The fraction of sp³-hybridized carbons (Fsp3) is 0.238. The van der Waals surface area contributed by atoms with Crippen LogP contribution in [0.3, 0.4) is 0 Å². The number of carbonyl (C=O) groups is 1. The fourth-order valence-corrected chi connectivity index (χ4v) is 3.09. The summed E-state index contributed by atoms with van der Waals surface area (Å²) in [6, 6.07) is 16.2. The number of amides is 1. The number of benzene rings is 2. The number of nitrogens with zero attached hydrogens (tertiary/aromatic N) is 2. The molecule has 0 spiro atoms. The molecule has 3 rings (SSSR count). The van der Waals surface area contributed by atoms with Crippen molar-refractivity contribution in [1.82, 2.24) is 9.99 Å². The Morgan fingerprint density at radius 1 is 1.12 bits per heavy atom. The Labute approximate surface area is 153 Å². The zero-order valence-corrected chi connectivity index (χ0v) is 15.4. The third-order valence-corrected chi connectivity index (χ3v) is 4.48. The minimum absolute atomic E-state index is 0.177. The Balaban J connectivity index is 1.65. The largest absolute Gasteiger partial charge is 0.376 e. The Morgan fingerprint density at radius 3 is 2.58 bits per heavy atom. The fourth-order valence-electron chi connectivity index (χ4n) is 3.09. The lowest BCUT2D eigenvalue weighted by Crippen LogP contribution is -2.25. The van der Waals surface area contributed by atoms with Gasteiger partial charge in [-0.25, -0.2) is 5.43 Å². The number of fused-ring (bicyclic) bond motifs is 1. The number of hydrogen-bond donors (Lipinski definition) is 2. The molecule has 0 atom stereocenters. The van der Waals surface area contributed by atoms with Crippen molar-refractivity contribution >= 4 is 28.7 Å². The van der Waals surface area contributed by atoms with E-state index < -0.39 is 0 Å². The molecule has 0 saturated carbocycles. The minimum atomic E-state index is -0.182. The van der Waals surface area contributed by atoms with Crippen LogP contribution in [0.4, 0.5) is 5.69 Å². The first-order valence-electron chi connectivity index (χ1n) is 8.80. The van der Waals surface area contributed by atoms with Gasteiger partial charge in [-0.05, 0) is 39.0 Å². The zero-order chi connectivity index (χ0) is 18.5. The van der Waals surface area contributed by atoms with Crippen molar-refractivity contribution < 1.29 is 4.79 Å². The molecule has 5 heteroatoms. The van der Waals surface area contributed by atoms with Crippen LogP contribution in [0.5, 0.6) is 0 Å². The van der Waals surface area contributed by atoms with Crippen LogP contribution >= 0.6 is 0 Å². The molecular formula is C21H24N4O. The van der Waals surface area contributed by atoms with Gasteiger partial charge in [-0.15, -0.1) is 0 Å². The summed E-state index contributed by atoms with van der Waals surface area (Å²) in [6.45, 7) is 7.30. The molecular weight excluding hydrogens is 324 g/mol. The molecule has 0 fully saturated rings. The van der Waals surface area contributed by atoms with Crippen molar-refractivity contribution in [3.8, 4) is 0 Å². The van der Waals surface area contributed by atoms with E-state index in [1.54, 1.807) is 6.21 Å². The summed E-state index contributed by atoms with van der Waals surface area (Å²) in [7, 11) is 0. The third-order valence-electron chi connectivity index (χ3n) is 4.48. The first-order chi connectivity index (χ1) is 12.6. The zero-order valence-electron chi connectivity index (χ0n) is 15.4. The average molecular weight is 348 g/mol. The molecule has 0 aliphatic heterocycles. The quantitative estimate of drug-likeness (QED) is 0.525. The minimum Gasteiger partial charge on any atom is -0.376 e. The number of aromatic nitrogens is 1. The van der Waals surface area contributed by atoms with Gasteiger partial charge >= 0.3 is 0 Å². The maximum atomic E-state index is 12.0. The van der Waals surface area contributed by atoms with E-state index in [1.165, 1.54) is 11.1 Å². The SMILES string of the molecule is CCn1c(C)c(/C=N\NC(=O)CNc2ccc(C)cc2)c2ccccc21. The van der Waals surface area contributed by atoms with Gasteiger partial charge in [-0.3, -0.25) is 4.79 Å². The molecule has 3 aromatic rings. The Morgan fingerprint density at radius 2 is 1.85 bits per heavy atom. The highest BCUT2D eigenvalue weighted by molar-refractivity contribution is 6.01. The molecule has 1 heterocycles. The standard InChI is InChI=1S/C21H24N4O/c1-4-25-16(3)19(18-7-5-6-8-20(18)25)13-23-24-21(26)14-22-17-11-9-15(2)10-12-17/h5-13,22H,4,14H2,1-3H3,(H,24,26)/b23-13-. The van der Waals surface area contributed by atoms with Crippen LogP contribution in [0.15, 0.2) is 53.6 Å². The molecule has 1 amide bonds. The van der Waals surface area contributed by atoms with Gasteiger partial charge in [-0.1, -0.05) is 35.9 Å². The van der Waals surface area contributed by atoms with E-state index in [-0.39, 0.29) is 12.5 Å². The van der Waals surface area contributed by atoms with Gasteiger partial charge < -0.3 is 9.88 Å². The van der Waals surface area contributed by atoms with Crippen LogP contribution in [0, 0.1) is 13.8 Å². The van der Waals surface area contributed by atoms with Crippen LogP contribution in [0.2, 0.25) is 0 Å². The van der Waals surface area contributed by atoms with Crippen LogP contribution in [-0.2, 0) is 11.3 Å². The number of anilines is 1. The summed E-state index contributed by atoms with van der Waals surface area (Å²) in [6.07, 6.45) is 1.73. The lowest BCUT2D eigenvalue weighted by atomic mass is 10.1. The summed E-state index contributed by atoms with van der Waals surface area (Å²) in [5, 5.41) is 8.37. The van der Waals surface area contributed by atoms with Crippen molar-refractivity contribution in [3.63, 3.8) is 0 Å². The number of hydrazone groups is 1. The third kappa shape index (κ3) is 3.77. The Bertz CT molecular complexity index is 939. The van der Waals surface area contributed by atoms with Crippen LogP contribution in [0.25, 0.3) is 10.9 Å². The van der Waals surface area contributed by atoms with Crippen LogP contribution in [-0.4, -0.2) is 23.2 Å². The van der Waals surface area contributed by atoms with E-state index in [0.29, 0.717) is 0 Å². The predicted molar refractivity (Wildman–Crippen MR) is 108 cm³/mol. The second-order valence-electron chi connectivity index (χ2n) is 6.27. The first-order valence-corrected chi connectivity index (χ1v) is 8.80. The smallest absolute Gasteiger partial charge is 0.259 e. The number of carbonyl (C=O) groups excluding carboxylic acids is 1. The van der Waals surface area contributed by atoms with E-state index in [9.17, 15) is 4.79 Å². The van der Waals surface area contributed by atoms with Crippen molar-refractivity contribution in [2.75, 3.05) is 11.9 Å². The van der Waals surface area contributed by atoms with Gasteiger partial charge in [0.25, 0.3) is 5.91 Å². The summed E-state index contributed by atoms with van der Waals surface area (Å²) in [4.78, 5) is 12.0. The van der Waals surface area contributed by atoms with Crippen molar-refractivity contribution in [3.05, 3.63) is 65.4 Å². The molecule has 2 N–H and O–H groups in total. The molecule has 0 aliphatic carbocycles. The van der Waals surface area contributed by atoms with E-state index >= 15 is 0 Å².